The maximum atomic E-state index is 12.5. The first-order chi connectivity index (χ1) is 10.8. The topological polar surface area (TPSA) is 35.5 Å². The van der Waals surface area contributed by atoms with E-state index in [0.717, 1.165) is 5.56 Å². The number of hydrogen-bond acceptors (Lipinski definition) is 3. The van der Waals surface area contributed by atoms with Crippen LogP contribution < -0.4 is 14.9 Å². The molecule has 2 aromatic rings. The van der Waals surface area contributed by atoms with Gasteiger partial charge in [-0.1, -0.05) is 48.9 Å². The molecule has 0 aromatic heterocycles. The first-order valence-electron chi connectivity index (χ1n) is 7.76. The monoisotopic (exact) mass is 296 g/mol. The van der Waals surface area contributed by atoms with Crippen molar-refractivity contribution in [2.75, 3.05) is 6.61 Å². The van der Waals surface area contributed by atoms with Gasteiger partial charge in [0.25, 0.3) is 5.43 Å². The highest BCUT2D eigenvalue weighted by molar-refractivity contribution is 5.31. The molecule has 0 aliphatic heterocycles. The van der Waals surface area contributed by atoms with E-state index in [1.165, 1.54) is 19.3 Å². The fourth-order valence-corrected chi connectivity index (χ4v) is 2.39. The van der Waals surface area contributed by atoms with Crippen molar-refractivity contribution in [2.45, 2.75) is 25.9 Å². The van der Waals surface area contributed by atoms with Crippen LogP contribution in [-0.4, -0.2) is 6.61 Å². The molecule has 114 valence electrons. The van der Waals surface area contributed by atoms with Gasteiger partial charge < -0.3 is 9.47 Å². The fourth-order valence-electron chi connectivity index (χ4n) is 2.39. The second-order valence-corrected chi connectivity index (χ2v) is 5.66. The molecule has 3 nitrogen and oxygen atoms in total. The largest absolute Gasteiger partial charge is 0.489 e. The minimum Gasteiger partial charge on any atom is -0.489 e. The van der Waals surface area contributed by atoms with Crippen molar-refractivity contribution in [3.05, 3.63) is 70.4 Å². The van der Waals surface area contributed by atoms with Crippen LogP contribution in [0.2, 0.25) is 0 Å². The Hall–Kier alpha value is -2.29. The number of ether oxygens (including phenoxy) is 2. The zero-order valence-corrected chi connectivity index (χ0v) is 12.5. The van der Waals surface area contributed by atoms with Crippen LogP contribution in [0.25, 0.3) is 0 Å². The summed E-state index contributed by atoms with van der Waals surface area (Å²) in [6, 6.07) is 16.8. The van der Waals surface area contributed by atoms with Gasteiger partial charge in [-0.05, 0) is 36.5 Å². The predicted octanol–water partition coefficient (Wildman–Crippen LogP) is 3.80. The number of hydrogen-bond donors (Lipinski definition) is 0. The molecule has 0 heterocycles. The van der Waals surface area contributed by atoms with Gasteiger partial charge >= 0.3 is 0 Å². The lowest BCUT2D eigenvalue weighted by molar-refractivity contribution is 0.179. The zero-order valence-electron chi connectivity index (χ0n) is 12.5. The molecule has 0 unspecified atom stereocenters. The molecule has 0 bridgehead atoms. The molecule has 1 aliphatic rings. The van der Waals surface area contributed by atoms with E-state index in [4.69, 9.17) is 9.47 Å². The van der Waals surface area contributed by atoms with Gasteiger partial charge in [-0.2, -0.15) is 0 Å². The molecule has 0 spiro atoms. The molecule has 0 amide bonds. The van der Waals surface area contributed by atoms with Gasteiger partial charge in [-0.25, -0.2) is 0 Å². The molecule has 3 heteroatoms. The Bertz CT molecular complexity index is 663. The van der Waals surface area contributed by atoms with Crippen molar-refractivity contribution < 1.29 is 9.47 Å². The van der Waals surface area contributed by atoms with Gasteiger partial charge in [0, 0.05) is 0 Å². The molecule has 0 atom stereocenters. The summed E-state index contributed by atoms with van der Waals surface area (Å²) in [5.74, 6) is 1.30. The Kier molecular flexibility index (Phi) is 4.74. The van der Waals surface area contributed by atoms with E-state index < -0.39 is 0 Å². The summed E-state index contributed by atoms with van der Waals surface area (Å²) in [6.07, 6.45) is 3.67. The maximum absolute atomic E-state index is 12.5. The highest BCUT2D eigenvalue weighted by Gasteiger charge is 2.18. The van der Waals surface area contributed by atoms with Crippen LogP contribution in [-0.2, 0) is 6.61 Å². The lowest BCUT2D eigenvalue weighted by Gasteiger charge is -2.24. The van der Waals surface area contributed by atoms with E-state index >= 15 is 0 Å². The summed E-state index contributed by atoms with van der Waals surface area (Å²) in [5, 5.41) is 0. The van der Waals surface area contributed by atoms with Crippen LogP contribution >= 0.6 is 0 Å². The Labute approximate surface area is 130 Å². The summed E-state index contributed by atoms with van der Waals surface area (Å²) < 4.78 is 11.4. The molecule has 0 saturated heterocycles. The summed E-state index contributed by atoms with van der Waals surface area (Å²) >= 11 is 0. The highest BCUT2D eigenvalue weighted by atomic mass is 16.5. The lowest BCUT2D eigenvalue weighted by atomic mass is 9.86. The van der Waals surface area contributed by atoms with Crippen molar-refractivity contribution in [2.24, 2.45) is 5.92 Å². The molecule has 1 fully saturated rings. The maximum Gasteiger partial charge on any atom is 0.261 e. The smallest absolute Gasteiger partial charge is 0.261 e. The van der Waals surface area contributed by atoms with E-state index in [1.807, 2.05) is 36.4 Å². The highest BCUT2D eigenvalue weighted by Crippen LogP contribution is 2.26. The van der Waals surface area contributed by atoms with Crippen LogP contribution in [0.15, 0.2) is 59.4 Å². The third-order valence-corrected chi connectivity index (χ3v) is 3.99. The van der Waals surface area contributed by atoms with Crippen molar-refractivity contribution >= 4 is 0 Å². The van der Waals surface area contributed by atoms with Crippen LogP contribution in [0.1, 0.15) is 24.8 Å². The molecule has 3 rings (SSSR count). The van der Waals surface area contributed by atoms with Gasteiger partial charge in [-0.15, -0.1) is 0 Å². The molecule has 0 radical (unpaired) electrons. The van der Waals surface area contributed by atoms with Crippen LogP contribution in [0, 0.1) is 5.92 Å². The van der Waals surface area contributed by atoms with Crippen LogP contribution in [0.5, 0.6) is 11.5 Å². The minimum absolute atomic E-state index is 0.180. The first kappa shape index (κ1) is 14.6. The van der Waals surface area contributed by atoms with Gasteiger partial charge in [0.15, 0.2) is 11.5 Å². The normalized spacial score (nSPS) is 14.2. The lowest BCUT2D eigenvalue weighted by Crippen LogP contribution is -2.21. The van der Waals surface area contributed by atoms with Crippen molar-refractivity contribution in [1.82, 2.24) is 0 Å². The van der Waals surface area contributed by atoms with Crippen molar-refractivity contribution in [1.29, 1.82) is 0 Å². The Morgan fingerprint density at radius 2 is 1.50 bits per heavy atom. The molecule has 1 saturated carbocycles. The summed E-state index contributed by atoms with van der Waals surface area (Å²) in [5.41, 5.74) is 0.852. The molecule has 1 aliphatic carbocycles. The summed E-state index contributed by atoms with van der Waals surface area (Å²) in [7, 11) is 0. The van der Waals surface area contributed by atoms with Crippen LogP contribution in [0.4, 0.5) is 0 Å². The zero-order chi connectivity index (χ0) is 15.2. The predicted molar refractivity (Wildman–Crippen MR) is 86.3 cm³/mol. The molecular weight excluding hydrogens is 276 g/mol. The Morgan fingerprint density at radius 1 is 0.864 bits per heavy atom. The van der Waals surface area contributed by atoms with E-state index in [9.17, 15) is 4.79 Å². The second kappa shape index (κ2) is 7.12. The molecule has 22 heavy (non-hydrogen) atoms. The van der Waals surface area contributed by atoms with Crippen LogP contribution in [0.3, 0.4) is 0 Å². The Morgan fingerprint density at radius 3 is 2.14 bits per heavy atom. The first-order valence-corrected chi connectivity index (χ1v) is 7.76. The van der Waals surface area contributed by atoms with E-state index in [1.54, 1.807) is 18.2 Å². The average molecular weight is 296 g/mol. The van der Waals surface area contributed by atoms with Gasteiger partial charge in [0.1, 0.15) is 6.61 Å². The van der Waals surface area contributed by atoms with Gasteiger partial charge in [-0.3, -0.25) is 4.79 Å². The van der Waals surface area contributed by atoms with E-state index in [2.05, 4.69) is 0 Å². The Balaban J connectivity index is 1.70. The fraction of sp³-hybridized carbons (Fsp3) is 0.316. The van der Waals surface area contributed by atoms with Gasteiger partial charge in [0.2, 0.25) is 0 Å². The minimum atomic E-state index is -0.180. The SMILES string of the molecule is O=c1c(OCc2ccccc2)ccccc1OCC1CCC1. The third-order valence-electron chi connectivity index (χ3n) is 3.99. The van der Waals surface area contributed by atoms with Crippen molar-refractivity contribution in [3.63, 3.8) is 0 Å². The quantitative estimate of drug-likeness (QED) is 0.813. The molecule has 2 aromatic carbocycles. The van der Waals surface area contributed by atoms with Crippen molar-refractivity contribution in [3.8, 4) is 11.5 Å². The van der Waals surface area contributed by atoms with E-state index in [-0.39, 0.29) is 5.43 Å². The average Bonchev–Trinajstić information content (AvgIpc) is 2.67. The van der Waals surface area contributed by atoms with E-state index in [0.29, 0.717) is 30.6 Å². The standard InChI is InChI=1S/C19H20O3/c20-19-17(21-13-15-7-2-1-3-8-15)11-4-5-12-18(19)22-14-16-9-6-10-16/h1-5,7-8,11-12,16H,6,9-10,13-14H2. The molecule has 0 N–H and O–H groups in total. The molecular formula is C19H20O3. The van der Waals surface area contributed by atoms with Gasteiger partial charge in [0.05, 0.1) is 6.61 Å². The number of rotatable bonds is 6. The summed E-state index contributed by atoms with van der Waals surface area (Å²) in [4.78, 5) is 12.5. The number of benzene rings is 1. The second-order valence-electron chi connectivity index (χ2n) is 5.66. The summed E-state index contributed by atoms with van der Waals surface area (Å²) in [6.45, 7) is 1.000. The third kappa shape index (κ3) is 3.67.